The zero-order valence-corrected chi connectivity index (χ0v) is 15.9. The Balaban J connectivity index is 1.71. The van der Waals surface area contributed by atoms with Crippen molar-refractivity contribution < 1.29 is 4.79 Å². The third-order valence-electron chi connectivity index (χ3n) is 4.39. The van der Waals surface area contributed by atoms with Crippen LogP contribution in [0.4, 0.5) is 5.69 Å². The van der Waals surface area contributed by atoms with Gasteiger partial charge in [-0.05, 0) is 24.3 Å². The standard InChI is InChI=1S/C19H18N6O2S/c1-24-18(27)12-6-2-4-8-14(12)25-17(22-23-19(24)25)10-21-13-7-3-5-9-15(13)28-11-16(20)26/h2-9,21H,10-11H2,1H3,(H2,20,26). The van der Waals surface area contributed by atoms with Crippen LogP contribution < -0.4 is 16.6 Å². The fourth-order valence-electron chi connectivity index (χ4n) is 3.07. The number of nitrogens with zero attached hydrogens (tertiary/aromatic N) is 4. The summed E-state index contributed by atoms with van der Waals surface area (Å²) >= 11 is 1.38. The number of benzene rings is 2. The molecule has 4 aromatic rings. The Morgan fingerprint density at radius 3 is 2.71 bits per heavy atom. The number of para-hydroxylation sites is 2. The van der Waals surface area contributed by atoms with E-state index in [1.54, 1.807) is 13.1 Å². The third-order valence-corrected chi connectivity index (χ3v) is 5.48. The van der Waals surface area contributed by atoms with Crippen molar-refractivity contribution in [2.24, 2.45) is 12.8 Å². The number of primary amides is 1. The minimum atomic E-state index is -0.365. The van der Waals surface area contributed by atoms with Gasteiger partial charge in [0.2, 0.25) is 11.7 Å². The van der Waals surface area contributed by atoms with E-state index in [9.17, 15) is 9.59 Å². The van der Waals surface area contributed by atoms with E-state index >= 15 is 0 Å². The molecular weight excluding hydrogens is 376 g/mol. The highest BCUT2D eigenvalue weighted by Gasteiger charge is 2.14. The largest absolute Gasteiger partial charge is 0.377 e. The Hall–Kier alpha value is -3.33. The van der Waals surface area contributed by atoms with E-state index in [0.717, 1.165) is 16.1 Å². The number of rotatable bonds is 6. The number of thioether (sulfide) groups is 1. The lowest BCUT2D eigenvalue weighted by atomic mass is 10.2. The van der Waals surface area contributed by atoms with Crippen molar-refractivity contribution in [1.82, 2.24) is 19.2 Å². The predicted octanol–water partition coefficient (Wildman–Crippen LogP) is 1.77. The van der Waals surface area contributed by atoms with Crippen molar-refractivity contribution in [3.05, 3.63) is 64.7 Å². The van der Waals surface area contributed by atoms with E-state index < -0.39 is 0 Å². The summed E-state index contributed by atoms with van der Waals surface area (Å²) in [7, 11) is 1.69. The molecule has 2 aromatic heterocycles. The van der Waals surface area contributed by atoms with E-state index in [0.29, 0.717) is 23.5 Å². The Morgan fingerprint density at radius 1 is 1.14 bits per heavy atom. The summed E-state index contributed by atoms with van der Waals surface area (Å²) in [5.74, 6) is 1.00. The molecule has 0 unspecified atom stereocenters. The van der Waals surface area contributed by atoms with Crippen LogP contribution in [-0.2, 0) is 18.4 Å². The molecule has 2 heterocycles. The maximum Gasteiger partial charge on any atom is 0.262 e. The maximum atomic E-state index is 12.5. The molecule has 0 atom stereocenters. The molecule has 4 rings (SSSR count). The molecule has 3 N–H and O–H groups in total. The Kier molecular flexibility index (Phi) is 4.74. The first-order valence-electron chi connectivity index (χ1n) is 8.62. The van der Waals surface area contributed by atoms with Gasteiger partial charge in [-0.1, -0.05) is 24.3 Å². The van der Waals surface area contributed by atoms with Gasteiger partial charge in [0.15, 0.2) is 5.82 Å². The van der Waals surface area contributed by atoms with Gasteiger partial charge in [0, 0.05) is 17.6 Å². The minimum absolute atomic E-state index is 0.108. The third kappa shape index (κ3) is 3.20. The Bertz CT molecular complexity index is 1250. The van der Waals surface area contributed by atoms with E-state index in [2.05, 4.69) is 15.5 Å². The number of amides is 1. The molecule has 0 saturated carbocycles. The van der Waals surface area contributed by atoms with Crippen LogP contribution >= 0.6 is 11.8 Å². The zero-order chi connectivity index (χ0) is 19.7. The van der Waals surface area contributed by atoms with Gasteiger partial charge in [0.25, 0.3) is 5.56 Å². The number of fused-ring (bicyclic) bond motifs is 3. The summed E-state index contributed by atoms with van der Waals surface area (Å²) < 4.78 is 3.37. The monoisotopic (exact) mass is 394 g/mol. The van der Waals surface area contributed by atoms with E-state index in [1.807, 2.05) is 46.9 Å². The molecule has 0 spiro atoms. The van der Waals surface area contributed by atoms with Crippen LogP contribution in [0.3, 0.4) is 0 Å². The van der Waals surface area contributed by atoms with Crippen molar-refractivity contribution in [2.45, 2.75) is 11.4 Å². The van der Waals surface area contributed by atoms with Gasteiger partial charge in [0.05, 0.1) is 23.2 Å². The molecule has 0 bridgehead atoms. The predicted molar refractivity (Wildman–Crippen MR) is 109 cm³/mol. The number of nitrogens with two attached hydrogens (primary N) is 1. The lowest BCUT2D eigenvalue weighted by Gasteiger charge is -2.11. The first-order valence-corrected chi connectivity index (χ1v) is 9.60. The number of nitrogens with one attached hydrogen (secondary N) is 1. The molecule has 0 radical (unpaired) electrons. The molecule has 8 nitrogen and oxygen atoms in total. The van der Waals surface area contributed by atoms with Crippen LogP contribution in [0.1, 0.15) is 5.82 Å². The lowest BCUT2D eigenvalue weighted by Crippen LogP contribution is -2.20. The number of carbonyl (C=O) groups excluding carboxylic acids is 1. The van der Waals surface area contributed by atoms with E-state index in [-0.39, 0.29) is 17.2 Å². The van der Waals surface area contributed by atoms with Crippen LogP contribution in [0, 0.1) is 0 Å². The summed E-state index contributed by atoms with van der Waals surface area (Å²) in [6.45, 7) is 0.400. The molecule has 28 heavy (non-hydrogen) atoms. The number of anilines is 1. The second-order valence-electron chi connectivity index (χ2n) is 6.24. The number of aryl methyl sites for hydroxylation is 1. The number of hydrogen-bond donors (Lipinski definition) is 2. The summed E-state index contributed by atoms with van der Waals surface area (Å²) in [6.07, 6.45) is 0. The topological polar surface area (TPSA) is 107 Å². The molecule has 2 aromatic carbocycles. The van der Waals surface area contributed by atoms with Crippen LogP contribution in [0.5, 0.6) is 0 Å². The zero-order valence-electron chi connectivity index (χ0n) is 15.1. The summed E-state index contributed by atoms with van der Waals surface area (Å²) in [5.41, 5.74) is 6.78. The van der Waals surface area contributed by atoms with E-state index in [1.165, 1.54) is 16.3 Å². The fourth-order valence-corrected chi connectivity index (χ4v) is 3.84. The molecule has 9 heteroatoms. The van der Waals surface area contributed by atoms with E-state index in [4.69, 9.17) is 5.73 Å². The smallest absolute Gasteiger partial charge is 0.262 e. The van der Waals surface area contributed by atoms with Crippen molar-refractivity contribution >= 4 is 40.0 Å². The van der Waals surface area contributed by atoms with Crippen LogP contribution in [0.25, 0.3) is 16.7 Å². The molecule has 0 saturated heterocycles. The van der Waals surface area contributed by atoms with Gasteiger partial charge in [-0.2, -0.15) is 0 Å². The normalized spacial score (nSPS) is 11.2. The van der Waals surface area contributed by atoms with Crippen LogP contribution in [-0.4, -0.2) is 30.8 Å². The van der Waals surface area contributed by atoms with Crippen molar-refractivity contribution in [2.75, 3.05) is 11.1 Å². The average Bonchev–Trinajstić information content (AvgIpc) is 3.13. The lowest BCUT2D eigenvalue weighted by molar-refractivity contribution is -0.115. The second-order valence-corrected chi connectivity index (χ2v) is 7.25. The maximum absolute atomic E-state index is 12.5. The summed E-state index contributed by atoms with van der Waals surface area (Å²) in [4.78, 5) is 24.5. The molecule has 0 aliphatic heterocycles. The van der Waals surface area contributed by atoms with Gasteiger partial charge < -0.3 is 11.1 Å². The summed E-state index contributed by atoms with van der Waals surface area (Å²) in [5, 5.41) is 12.4. The number of carbonyl (C=O) groups is 1. The van der Waals surface area contributed by atoms with Gasteiger partial charge in [-0.25, -0.2) is 0 Å². The van der Waals surface area contributed by atoms with Crippen molar-refractivity contribution in [3.63, 3.8) is 0 Å². The second kappa shape index (κ2) is 7.35. The van der Waals surface area contributed by atoms with Gasteiger partial charge in [-0.3, -0.25) is 18.6 Å². The fraction of sp³-hybridized carbons (Fsp3) is 0.158. The number of hydrogen-bond acceptors (Lipinski definition) is 6. The van der Waals surface area contributed by atoms with Crippen LogP contribution in [0.15, 0.2) is 58.2 Å². The first kappa shape index (κ1) is 18.1. The highest BCUT2D eigenvalue weighted by Crippen LogP contribution is 2.27. The van der Waals surface area contributed by atoms with Crippen molar-refractivity contribution in [3.8, 4) is 0 Å². The molecule has 0 fully saturated rings. The van der Waals surface area contributed by atoms with Gasteiger partial charge in [-0.15, -0.1) is 22.0 Å². The van der Waals surface area contributed by atoms with Crippen LogP contribution in [0.2, 0.25) is 0 Å². The van der Waals surface area contributed by atoms with Gasteiger partial charge in [0.1, 0.15) is 0 Å². The highest BCUT2D eigenvalue weighted by atomic mass is 32.2. The minimum Gasteiger partial charge on any atom is -0.377 e. The first-order chi connectivity index (χ1) is 13.6. The Morgan fingerprint density at radius 2 is 1.89 bits per heavy atom. The van der Waals surface area contributed by atoms with Gasteiger partial charge >= 0.3 is 0 Å². The number of aromatic nitrogens is 4. The molecule has 1 amide bonds. The quantitative estimate of drug-likeness (QED) is 0.483. The summed E-state index contributed by atoms with van der Waals surface area (Å²) in [6, 6.07) is 15.1. The van der Waals surface area contributed by atoms with Crippen molar-refractivity contribution in [1.29, 1.82) is 0 Å². The SMILES string of the molecule is Cn1c(=O)c2ccccc2n2c(CNc3ccccc3SCC(N)=O)nnc12. The Labute approximate surface area is 164 Å². The molecule has 0 aliphatic carbocycles. The molecular formula is C19H18N6O2S. The molecule has 142 valence electrons. The average molecular weight is 394 g/mol. The molecule has 0 aliphatic rings. The highest BCUT2D eigenvalue weighted by molar-refractivity contribution is 8.00.